The smallest absolute Gasteiger partial charge is 0.339 e. The number of nitrogens with zero attached hydrogens (tertiary/aromatic N) is 1. The van der Waals surface area contributed by atoms with Gasteiger partial charge in [0.25, 0.3) is 5.91 Å². The van der Waals surface area contributed by atoms with Gasteiger partial charge < -0.3 is 15.5 Å². The lowest BCUT2D eigenvalue weighted by Gasteiger charge is -2.07. The van der Waals surface area contributed by atoms with Crippen molar-refractivity contribution >= 4 is 35.0 Å². The molecule has 0 aliphatic heterocycles. The topological polar surface area (TPSA) is 145 Å². The Hall–Kier alpha value is -3.75. The number of hydrogen-bond donors (Lipinski definition) is 4. The Bertz CT molecular complexity index is 983. The molecule has 26 heavy (non-hydrogen) atoms. The second kappa shape index (κ2) is 8.38. The zero-order valence-electron chi connectivity index (χ0n) is 16.2. The van der Waals surface area contributed by atoms with Crippen LogP contribution in [-0.2, 0) is 14.4 Å². The molecule has 1 aromatic rings. The highest BCUT2D eigenvalue weighted by atomic mass is 16.4. The fourth-order valence-corrected chi connectivity index (χ4v) is 1.79. The van der Waals surface area contributed by atoms with Crippen molar-refractivity contribution in [2.45, 2.75) is 6.42 Å². The molecule has 0 radical (unpaired) electrons. The molecule has 9 heteroatoms. The van der Waals surface area contributed by atoms with Crippen LogP contribution >= 0.6 is 0 Å². The molecule has 2 rings (SSSR count). The van der Waals surface area contributed by atoms with E-state index in [1.54, 1.807) is 0 Å². The molecule has 0 bridgehead atoms. The number of carboxylic acids is 2. The molecule has 9 nitrogen and oxygen atoms in total. The minimum Gasteiger partial charge on any atom is -0.481 e. The quantitative estimate of drug-likeness (QED) is 0.320. The van der Waals surface area contributed by atoms with Crippen LogP contribution in [0.15, 0.2) is 53.1 Å². The van der Waals surface area contributed by atoms with Crippen LogP contribution < -0.4 is 10.7 Å². The summed E-state index contributed by atoms with van der Waals surface area (Å²) in [6, 6.07) is 3.34. The first kappa shape index (κ1) is 14.6. The Labute approximate surface area is 151 Å². The standard InChI is InChI=1S/C17H15N3O6/c21-14-6-5-12(9-13(14)17(25)26)20-19-11-3-1-10(2-4-11)16(24)18-8-7-15(22)23/h1-6,9,19H,7-8H2,(H,18,24)(H,22,23)(H,25,26)/b20-12+/i5D,6D,9D. The molecule has 1 amide bonds. The number of hydrazone groups is 1. The van der Waals surface area contributed by atoms with Gasteiger partial charge in [-0.3, -0.25) is 19.8 Å². The van der Waals surface area contributed by atoms with Crippen molar-refractivity contribution < 1.29 is 33.5 Å². The molecular formula is C17H15N3O6. The molecule has 0 aromatic heterocycles. The van der Waals surface area contributed by atoms with E-state index in [1.807, 2.05) is 0 Å². The van der Waals surface area contributed by atoms with Gasteiger partial charge in [0, 0.05) is 12.1 Å². The van der Waals surface area contributed by atoms with Gasteiger partial charge in [0.15, 0.2) is 5.78 Å². The minimum atomic E-state index is -1.69. The molecule has 1 aliphatic rings. The largest absolute Gasteiger partial charge is 0.481 e. The van der Waals surface area contributed by atoms with Gasteiger partial charge in [0.2, 0.25) is 0 Å². The van der Waals surface area contributed by atoms with E-state index in [4.69, 9.17) is 14.3 Å². The van der Waals surface area contributed by atoms with E-state index in [9.17, 15) is 19.2 Å². The lowest BCUT2D eigenvalue weighted by molar-refractivity contribution is -0.137. The number of anilines is 1. The van der Waals surface area contributed by atoms with Crippen LogP contribution in [-0.4, -0.2) is 46.1 Å². The number of hydrogen-bond acceptors (Lipinski definition) is 6. The molecule has 1 aromatic carbocycles. The number of amides is 1. The summed E-state index contributed by atoms with van der Waals surface area (Å²) in [4.78, 5) is 45.2. The minimum absolute atomic E-state index is 0.0286. The number of nitrogens with one attached hydrogen (secondary N) is 2. The molecule has 1 aliphatic carbocycles. The molecular weight excluding hydrogens is 342 g/mol. The van der Waals surface area contributed by atoms with Crippen LogP contribution in [0, 0.1) is 0 Å². The summed E-state index contributed by atoms with van der Waals surface area (Å²) in [5.41, 5.74) is 1.62. The first-order valence-electron chi connectivity index (χ1n) is 8.74. The fraction of sp³-hybridized carbons (Fsp3) is 0.118. The van der Waals surface area contributed by atoms with E-state index >= 15 is 0 Å². The van der Waals surface area contributed by atoms with Crippen LogP contribution in [0.2, 0.25) is 0 Å². The number of allylic oxidation sites excluding steroid dienone is 3. The summed E-state index contributed by atoms with van der Waals surface area (Å²) in [6.07, 6.45) is -0.215. The normalized spacial score (nSPS) is 17.5. The number of benzene rings is 1. The molecule has 0 saturated carbocycles. The highest BCUT2D eigenvalue weighted by molar-refractivity contribution is 6.29. The Balaban J connectivity index is 2.16. The molecule has 0 saturated heterocycles. The van der Waals surface area contributed by atoms with Crippen molar-refractivity contribution in [3.8, 4) is 0 Å². The summed E-state index contributed by atoms with van der Waals surface area (Å²) in [5.74, 6) is -4.44. The van der Waals surface area contributed by atoms with Gasteiger partial charge in [-0.2, -0.15) is 5.10 Å². The molecule has 0 atom stereocenters. The maximum absolute atomic E-state index is 11.9. The van der Waals surface area contributed by atoms with Crippen molar-refractivity contribution in [2.75, 3.05) is 12.0 Å². The lowest BCUT2D eigenvalue weighted by Crippen LogP contribution is -2.25. The third-order valence-corrected chi connectivity index (χ3v) is 3.05. The number of rotatable bonds is 7. The van der Waals surface area contributed by atoms with Gasteiger partial charge in [-0.25, -0.2) is 4.79 Å². The highest BCUT2D eigenvalue weighted by Crippen LogP contribution is 2.11. The Morgan fingerprint density at radius 3 is 2.42 bits per heavy atom. The first-order valence-corrected chi connectivity index (χ1v) is 7.24. The van der Waals surface area contributed by atoms with Gasteiger partial charge in [-0.1, -0.05) is 0 Å². The number of carbonyl (C=O) groups is 4. The molecule has 0 spiro atoms. The van der Waals surface area contributed by atoms with E-state index in [0.717, 1.165) is 0 Å². The number of carboxylic acid groups (broad SMARTS) is 2. The number of aliphatic carboxylic acids is 2. The zero-order chi connectivity index (χ0) is 21.7. The third-order valence-electron chi connectivity index (χ3n) is 3.05. The zero-order valence-corrected chi connectivity index (χ0v) is 13.2. The maximum Gasteiger partial charge on any atom is 0.339 e. The van der Waals surface area contributed by atoms with Crippen LogP contribution in [0.25, 0.3) is 0 Å². The van der Waals surface area contributed by atoms with E-state index in [0.29, 0.717) is 5.69 Å². The predicted molar refractivity (Wildman–Crippen MR) is 92.0 cm³/mol. The van der Waals surface area contributed by atoms with Gasteiger partial charge in [0.05, 0.1) is 21.9 Å². The van der Waals surface area contributed by atoms with Crippen molar-refractivity contribution in [1.82, 2.24) is 5.32 Å². The van der Waals surface area contributed by atoms with Gasteiger partial charge >= 0.3 is 11.9 Å². The lowest BCUT2D eigenvalue weighted by atomic mass is 10.0. The van der Waals surface area contributed by atoms with Crippen LogP contribution in [0.1, 0.15) is 20.9 Å². The average molecular weight is 360 g/mol. The summed E-state index contributed by atoms with van der Waals surface area (Å²) >= 11 is 0. The molecule has 0 heterocycles. The van der Waals surface area contributed by atoms with E-state index in [2.05, 4.69) is 15.8 Å². The summed E-state index contributed by atoms with van der Waals surface area (Å²) in [5, 5.41) is 23.8. The second-order valence-corrected chi connectivity index (χ2v) is 4.93. The molecule has 0 unspecified atom stereocenters. The van der Waals surface area contributed by atoms with Crippen LogP contribution in [0.5, 0.6) is 0 Å². The van der Waals surface area contributed by atoms with Gasteiger partial charge in [-0.15, -0.1) is 0 Å². The van der Waals surface area contributed by atoms with Crippen LogP contribution in [0.3, 0.4) is 0 Å². The van der Waals surface area contributed by atoms with Crippen molar-refractivity contribution in [1.29, 1.82) is 0 Å². The highest BCUT2D eigenvalue weighted by Gasteiger charge is 2.18. The molecule has 134 valence electrons. The molecule has 0 fully saturated rings. The Morgan fingerprint density at radius 1 is 1.12 bits per heavy atom. The average Bonchev–Trinajstić information content (AvgIpc) is 2.66. The summed E-state index contributed by atoms with van der Waals surface area (Å²) in [6.45, 7) is -0.0286. The Morgan fingerprint density at radius 2 is 1.81 bits per heavy atom. The van der Waals surface area contributed by atoms with Crippen LogP contribution in [0.4, 0.5) is 5.69 Å². The third kappa shape index (κ3) is 5.13. The van der Waals surface area contributed by atoms with E-state index in [-0.39, 0.29) is 18.5 Å². The summed E-state index contributed by atoms with van der Waals surface area (Å²) in [7, 11) is 0. The SMILES string of the molecule is [2H]C1=C([2H])/C(=N\Nc2ccc(C(=O)NCCC(=O)O)cc2)C([2H])=C(C(=O)O)C1=O. The monoisotopic (exact) mass is 360 g/mol. The van der Waals surface area contributed by atoms with Gasteiger partial charge in [0.1, 0.15) is 5.57 Å². The first-order chi connectivity index (χ1) is 13.6. The maximum atomic E-state index is 11.9. The second-order valence-electron chi connectivity index (χ2n) is 4.93. The van der Waals surface area contributed by atoms with E-state index < -0.39 is 53.1 Å². The van der Waals surface area contributed by atoms with E-state index in [1.165, 1.54) is 24.3 Å². The van der Waals surface area contributed by atoms with Gasteiger partial charge in [-0.05, 0) is 42.4 Å². The number of ketones is 1. The fourth-order valence-electron chi connectivity index (χ4n) is 1.79. The molecule has 4 N–H and O–H groups in total. The Kier molecular flexibility index (Phi) is 4.70. The van der Waals surface area contributed by atoms with Crippen molar-refractivity contribution in [3.63, 3.8) is 0 Å². The summed E-state index contributed by atoms with van der Waals surface area (Å²) < 4.78 is 23.1. The predicted octanol–water partition coefficient (Wildman–Crippen LogP) is 0.809. The van der Waals surface area contributed by atoms with Crippen molar-refractivity contribution in [2.24, 2.45) is 5.10 Å². The van der Waals surface area contributed by atoms with Crippen molar-refractivity contribution in [3.05, 3.63) is 53.6 Å². The number of carbonyl (C=O) groups excluding carboxylic acids is 2.